The standard InChI is InChI=1S/C17H20N2OS.ClH/c1-11(18-2)10-19-17(20)15-9-13-8-7-12-5-3-4-6-14(12)16(13)21-15;/h3-6,9,11,18H,7-8,10H2,1-2H3,(H,19,20);1H. The van der Waals surface area contributed by atoms with Crippen LogP contribution >= 0.6 is 23.7 Å². The molecule has 1 aliphatic rings. The molecule has 1 heterocycles. The molecule has 1 aromatic heterocycles. The second-order valence-electron chi connectivity index (χ2n) is 5.52. The average Bonchev–Trinajstić information content (AvgIpc) is 2.96. The van der Waals surface area contributed by atoms with Gasteiger partial charge in [0.2, 0.25) is 0 Å². The van der Waals surface area contributed by atoms with E-state index in [0.717, 1.165) is 17.7 Å². The molecule has 1 aromatic carbocycles. The van der Waals surface area contributed by atoms with Crippen LogP contribution in [-0.4, -0.2) is 25.5 Å². The summed E-state index contributed by atoms with van der Waals surface area (Å²) in [5.41, 5.74) is 4.00. The number of carbonyl (C=O) groups excluding carboxylic acids is 1. The lowest BCUT2D eigenvalue weighted by Crippen LogP contribution is -2.36. The van der Waals surface area contributed by atoms with Gasteiger partial charge in [-0.2, -0.15) is 0 Å². The number of thiophene rings is 1. The van der Waals surface area contributed by atoms with Gasteiger partial charge in [0.25, 0.3) is 5.91 Å². The van der Waals surface area contributed by atoms with Crippen LogP contribution in [0.25, 0.3) is 10.4 Å². The summed E-state index contributed by atoms with van der Waals surface area (Å²) in [4.78, 5) is 14.4. The molecule has 0 saturated carbocycles. The third kappa shape index (κ3) is 3.35. The summed E-state index contributed by atoms with van der Waals surface area (Å²) in [5.74, 6) is 0.0361. The molecule has 0 aliphatic heterocycles. The van der Waals surface area contributed by atoms with Crippen molar-refractivity contribution in [2.75, 3.05) is 13.6 Å². The first-order valence-electron chi connectivity index (χ1n) is 7.35. The minimum absolute atomic E-state index is 0. The highest BCUT2D eigenvalue weighted by Crippen LogP contribution is 2.39. The molecule has 3 rings (SSSR count). The number of fused-ring (bicyclic) bond motifs is 3. The third-order valence-corrected chi connectivity index (χ3v) is 5.23. The van der Waals surface area contributed by atoms with Gasteiger partial charge in [-0.25, -0.2) is 0 Å². The monoisotopic (exact) mass is 336 g/mol. The molecule has 0 saturated heterocycles. The first-order valence-corrected chi connectivity index (χ1v) is 8.17. The molecule has 1 amide bonds. The zero-order valence-corrected chi connectivity index (χ0v) is 14.4. The first kappa shape index (κ1) is 17.0. The van der Waals surface area contributed by atoms with Crippen molar-refractivity contribution >= 4 is 29.7 Å². The quantitative estimate of drug-likeness (QED) is 0.899. The number of halogens is 1. The van der Waals surface area contributed by atoms with Crippen molar-refractivity contribution in [2.45, 2.75) is 25.8 Å². The molecule has 5 heteroatoms. The smallest absolute Gasteiger partial charge is 0.261 e. The molecule has 1 aliphatic carbocycles. The molecule has 2 N–H and O–H groups in total. The van der Waals surface area contributed by atoms with Gasteiger partial charge in [-0.1, -0.05) is 24.3 Å². The summed E-state index contributed by atoms with van der Waals surface area (Å²) in [6.45, 7) is 2.70. The predicted octanol–water partition coefficient (Wildman–Crippen LogP) is 3.27. The SMILES string of the molecule is CNC(C)CNC(=O)c1cc2c(s1)-c1ccccc1CC2.Cl. The first-order chi connectivity index (χ1) is 10.2. The number of nitrogens with one attached hydrogen (secondary N) is 2. The Hall–Kier alpha value is -1.36. The summed E-state index contributed by atoms with van der Waals surface area (Å²) in [5, 5.41) is 6.11. The predicted molar refractivity (Wildman–Crippen MR) is 95.3 cm³/mol. The summed E-state index contributed by atoms with van der Waals surface area (Å²) in [7, 11) is 1.90. The Labute approximate surface area is 141 Å². The molecular formula is C17H21ClN2OS. The zero-order valence-electron chi connectivity index (χ0n) is 12.8. The molecule has 2 aromatic rings. The van der Waals surface area contributed by atoms with Crippen LogP contribution in [0.2, 0.25) is 0 Å². The lowest BCUT2D eigenvalue weighted by molar-refractivity contribution is 0.0954. The van der Waals surface area contributed by atoms with Gasteiger partial charge in [-0.05, 0) is 49.6 Å². The highest BCUT2D eigenvalue weighted by molar-refractivity contribution is 7.17. The maximum absolute atomic E-state index is 12.3. The lowest BCUT2D eigenvalue weighted by atomic mass is 9.91. The third-order valence-electron chi connectivity index (χ3n) is 4.02. The molecule has 1 atom stereocenters. The number of hydrogen-bond acceptors (Lipinski definition) is 3. The topological polar surface area (TPSA) is 41.1 Å². The normalized spacial score (nSPS) is 13.5. The van der Waals surface area contributed by atoms with Crippen LogP contribution in [0.4, 0.5) is 0 Å². The Morgan fingerprint density at radius 2 is 2.00 bits per heavy atom. The van der Waals surface area contributed by atoms with E-state index in [2.05, 4.69) is 47.9 Å². The van der Waals surface area contributed by atoms with Crippen LogP contribution in [0.15, 0.2) is 30.3 Å². The fraction of sp³-hybridized carbons (Fsp3) is 0.353. The van der Waals surface area contributed by atoms with Crippen molar-refractivity contribution in [3.8, 4) is 10.4 Å². The van der Waals surface area contributed by atoms with E-state index in [-0.39, 0.29) is 24.4 Å². The van der Waals surface area contributed by atoms with Crippen molar-refractivity contribution in [1.29, 1.82) is 0 Å². The molecule has 118 valence electrons. The number of rotatable bonds is 4. The van der Waals surface area contributed by atoms with E-state index in [1.165, 1.54) is 21.6 Å². The number of likely N-dealkylation sites (N-methyl/N-ethyl adjacent to an activating group) is 1. The Morgan fingerprint density at radius 3 is 2.77 bits per heavy atom. The van der Waals surface area contributed by atoms with Gasteiger partial charge in [0.15, 0.2) is 0 Å². The van der Waals surface area contributed by atoms with Crippen molar-refractivity contribution in [3.63, 3.8) is 0 Å². The van der Waals surface area contributed by atoms with E-state index in [1.807, 2.05) is 7.05 Å². The fourth-order valence-electron chi connectivity index (χ4n) is 2.62. The maximum Gasteiger partial charge on any atom is 0.261 e. The van der Waals surface area contributed by atoms with Crippen molar-refractivity contribution < 1.29 is 4.79 Å². The van der Waals surface area contributed by atoms with Crippen molar-refractivity contribution in [3.05, 3.63) is 46.3 Å². The summed E-state index contributed by atoms with van der Waals surface area (Å²) < 4.78 is 0. The molecular weight excluding hydrogens is 316 g/mol. The number of carbonyl (C=O) groups is 1. The Bertz CT molecular complexity index is 668. The molecule has 0 spiro atoms. The molecule has 22 heavy (non-hydrogen) atoms. The van der Waals surface area contributed by atoms with Gasteiger partial charge in [0, 0.05) is 17.5 Å². The Balaban J connectivity index is 0.00000176. The fourth-order valence-corrected chi connectivity index (χ4v) is 3.81. The molecule has 0 bridgehead atoms. The number of aryl methyl sites for hydroxylation is 2. The van der Waals surface area contributed by atoms with E-state index >= 15 is 0 Å². The van der Waals surface area contributed by atoms with Crippen LogP contribution < -0.4 is 10.6 Å². The highest BCUT2D eigenvalue weighted by atomic mass is 35.5. The van der Waals surface area contributed by atoms with Crippen LogP contribution in [-0.2, 0) is 12.8 Å². The van der Waals surface area contributed by atoms with E-state index in [1.54, 1.807) is 11.3 Å². The highest BCUT2D eigenvalue weighted by Gasteiger charge is 2.21. The zero-order chi connectivity index (χ0) is 14.8. The van der Waals surface area contributed by atoms with E-state index in [4.69, 9.17) is 0 Å². The number of hydrogen-bond donors (Lipinski definition) is 2. The maximum atomic E-state index is 12.3. The minimum Gasteiger partial charge on any atom is -0.350 e. The van der Waals surface area contributed by atoms with Gasteiger partial charge >= 0.3 is 0 Å². The van der Waals surface area contributed by atoms with E-state index in [9.17, 15) is 4.79 Å². The molecule has 0 fully saturated rings. The minimum atomic E-state index is 0. The van der Waals surface area contributed by atoms with Crippen LogP contribution in [0.3, 0.4) is 0 Å². The van der Waals surface area contributed by atoms with Gasteiger partial charge in [0.05, 0.1) is 4.88 Å². The van der Waals surface area contributed by atoms with Crippen LogP contribution in [0.1, 0.15) is 27.7 Å². The molecule has 0 radical (unpaired) electrons. The summed E-state index contributed by atoms with van der Waals surface area (Å²) in [6, 6.07) is 10.9. The van der Waals surface area contributed by atoms with Crippen LogP contribution in [0.5, 0.6) is 0 Å². The van der Waals surface area contributed by atoms with Crippen LogP contribution in [0, 0.1) is 0 Å². The van der Waals surface area contributed by atoms with Crippen molar-refractivity contribution in [2.24, 2.45) is 0 Å². The van der Waals surface area contributed by atoms with Gasteiger partial charge in [-0.15, -0.1) is 23.7 Å². The average molecular weight is 337 g/mol. The lowest BCUT2D eigenvalue weighted by Gasteiger charge is -2.15. The summed E-state index contributed by atoms with van der Waals surface area (Å²) >= 11 is 1.61. The second-order valence-corrected chi connectivity index (χ2v) is 6.57. The van der Waals surface area contributed by atoms with Gasteiger partial charge < -0.3 is 10.6 Å². The Kier molecular flexibility index (Phi) is 5.62. The molecule has 1 unspecified atom stereocenters. The number of amides is 1. The molecule has 3 nitrogen and oxygen atoms in total. The largest absolute Gasteiger partial charge is 0.350 e. The van der Waals surface area contributed by atoms with Gasteiger partial charge in [0.1, 0.15) is 0 Å². The van der Waals surface area contributed by atoms with E-state index in [0.29, 0.717) is 6.54 Å². The number of benzene rings is 1. The van der Waals surface area contributed by atoms with Gasteiger partial charge in [-0.3, -0.25) is 4.79 Å². The van der Waals surface area contributed by atoms with E-state index < -0.39 is 0 Å². The van der Waals surface area contributed by atoms with Crippen molar-refractivity contribution in [1.82, 2.24) is 10.6 Å². The summed E-state index contributed by atoms with van der Waals surface area (Å²) in [6.07, 6.45) is 2.10. The Morgan fingerprint density at radius 1 is 1.27 bits per heavy atom. The second kappa shape index (κ2) is 7.27.